The van der Waals surface area contributed by atoms with Gasteiger partial charge in [0.05, 0.1) is 0 Å². The van der Waals surface area contributed by atoms with Gasteiger partial charge in [0.25, 0.3) is 5.91 Å². The van der Waals surface area contributed by atoms with Crippen LogP contribution < -0.4 is 10.6 Å². The van der Waals surface area contributed by atoms with Crippen LogP contribution in [0, 0.1) is 11.8 Å². The molecule has 1 aromatic rings. The first-order valence-electron chi connectivity index (χ1n) is 9.32. The van der Waals surface area contributed by atoms with Crippen LogP contribution in [0.5, 0.6) is 0 Å². The summed E-state index contributed by atoms with van der Waals surface area (Å²) in [5.41, 5.74) is 2.58. The van der Waals surface area contributed by atoms with Gasteiger partial charge in [-0.2, -0.15) is 0 Å². The van der Waals surface area contributed by atoms with Crippen LogP contribution >= 0.6 is 0 Å². The Morgan fingerprint density at radius 1 is 1.16 bits per heavy atom. The molecule has 0 spiro atoms. The molecule has 3 N–H and O–H groups in total. The molecular formula is C20H32N3O2+. The molecule has 0 aromatic heterocycles. The number of hydrogen-bond acceptors (Lipinski definition) is 2. The molecule has 1 aromatic carbocycles. The zero-order valence-corrected chi connectivity index (χ0v) is 16.1. The number of carbonyl (C=O) groups is 2. The van der Waals surface area contributed by atoms with Crippen molar-refractivity contribution in [3.63, 3.8) is 0 Å². The van der Waals surface area contributed by atoms with E-state index >= 15 is 0 Å². The van der Waals surface area contributed by atoms with Crippen molar-refractivity contribution in [1.29, 1.82) is 0 Å². The summed E-state index contributed by atoms with van der Waals surface area (Å²) in [5.74, 6) is 0.915. The van der Waals surface area contributed by atoms with Crippen LogP contribution in [0.2, 0.25) is 0 Å². The summed E-state index contributed by atoms with van der Waals surface area (Å²) in [6.07, 6.45) is 1.08. The van der Waals surface area contributed by atoms with Gasteiger partial charge in [-0.25, -0.2) is 4.79 Å². The van der Waals surface area contributed by atoms with Crippen LogP contribution in [0.3, 0.4) is 0 Å². The van der Waals surface area contributed by atoms with E-state index in [1.807, 2.05) is 6.92 Å². The van der Waals surface area contributed by atoms with Crippen molar-refractivity contribution in [1.82, 2.24) is 10.2 Å². The summed E-state index contributed by atoms with van der Waals surface area (Å²) in [6, 6.07) is 8.38. The van der Waals surface area contributed by atoms with E-state index in [-0.39, 0.29) is 24.0 Å². The van der Waals surface area contributed by atoms with E-state index in [9.17, 15) is 9.59 Å². The van der Waals surface area contributed by atoms with Gasteiger partial charge in [0.15, 0.2) is 6.04 Å². The lowest BCUT2D eigenvalue weighted by Gasteiger charge is -2.25. The zero-order chi connectivity index (χ0) is 18.6. The molecule has 1 heterocycles. The molecule has 1 aliphatic rings. The molecule has 138 valence electrons. The van der Waals surface area contributed by atoms with Crippen LogP contribution in [0.15, 0.2) is 24.3 Å². The molecule has 3 amide bonds. The number of carbonyl (C=O) groups excluding carboxylic acids is 2. The highest BCUT2D eigenvalue weighted by atomic mass is 16.2. The van der Waals surface area contributed by atoms with Crippen molar-refractivity contribution >= 4 is 11.9 Å². The van der Waals surface area contributed by atoms with Gasteiger partial charge in [-0.05, 0) is 24.8 Å². The molecule has 0 radical (unpaired) electrons. The number of urea groups is 1. The highest BCUT2D eigenvalue weighted by Gasteiger charge is 2.33. The maximum Gasteiger partial charge on any atom is 0.324 e. The molecule has 2 atom stereocenters. The van der Waals surface area contributed by atoms with Gasteiger partial charge in [0.2, 0.25) is 0 Å². The van der Waals surface area contributed by atoms with Gasteiger partial charge in [-0.3, -0.25) is 9.69 Å². The largest absolute Gasteiger partial charge is 0.336 e. The van der Waals surface area contributed by atoms with Crippen molar-refractivity contribution < 1.29 is 14.9 Å². The van der Waals surface area contributed by atoms with E-state index < -0.39 is 0 Å². The summed E-state index contributed by atoms with van der Waals surface area (Å²) < 4.78 is 0. The van der Waals surface area contributed by atoms with Gasteiger partial charge in [0, 0.05) is 24.6 Å². The number of nitrogens with two attached hydrogens (primary N) is 1. The summed E-state index contributed by atoms with van der Waals surface area (Å²) in [6.45, 7) is 11.7. The molecule has 5 heteroatoms. The summed E-state index contributed by atoms with van der Waals surface area (Å²) >= 11 is 0. The average molecular weight is 346 g/mol. The summed E-state index contributed by atoms with van der Waals surface area (Å²) in [4.78, 5) is 25.6. The molecule has 0 aliphatic carbocycles. The van der Waals surface area contributed by atoms with Crippen LogP contribution in [-0.2, 0) is 11.2 Å². The van der Waals surface area contributed by atoms with Crippen molar-refractivity contribution in [3.05, 3.63) is 35.4 Å². The normalized spacial score (nSPS) is 17.1. The maximum atomic E-state index is 12.6. The van der Waals surface area contributed by atoms with E-state index in [0.29, 0.717) is 24.9 Å². The summed E-state index contributed by atoms with van der Waals surface area (Å²) in [5, 5.41) is 4.78. The Morgan fingerprint density at radius 3 is 2.28 bits per heavy atom. The third-order valence-corrected chi connectivity index (χ3v) is 4.74. The second kappa shape index (κ2) is 8.48. The minimum atomic E-state index is -0.286. The quantitative estimate of drug-likeness (QED) is 0.794. The molecule has 0 bridgehead atoms. The second-order valence-corrected chi connectivity index (χ2v) is 7.81. The van der Waals surface area contributed by atoms with E-state index in [1.165, 1.54) is 16.0 Å². The number of hydrogen-bond donors (Lipinski definition) is 2. The Labute approximate surface area is 151 Å². The lowest BCUT2D eigenvalue weighted by atomic mass is 9.93. The topological polar surface area (TPSA) is 66.0 Å². The molecule has 5 nitrogen and oxygen atoms in total. The smallest absolute Gasteiger partial charge is 0.324 e. The van der Waals surface area contributed by atoms with Gasteiger partial charge in [-0.1, -0.05) is 52.0 Å². The molecule has 25 heavy (non-hydrogen) atoms. The maximum absolute atomic E-state index is 12.6. The van der Waals surface area contributed by atoms with E-state index in [0.717, 1.165) is 6.42 Å². The van der Waals surface area contributed by atoms with Gasteiger partial charge >= 0.3 is 6.03 Å². The summed E-state index contributed by atoms with van der Waals surface area (Å²) in [7, 11) is 0. The predicted octanol–water partition coefficient (Wildman–Crippen LogP) is 2.09. The lowest BCUT2D eigenvalue weighted by molar-refractivity contribution is -0.719. The first-order chi connectivity index (χ1) is 11.8. The minimum Gasteiger partial charge on any atom is -0.336 e. The first kappa shape index (κ1) is 19.4. The fraction of sp³-hybridized carbons (Fsp3) is 0.600. The number of quaternary nitrogens is 1. The second-order valence-electron chi connectivity index (χ2n) is 7.81. The van der Waals surface area contributed by atoms with E-state index in [2.05, 4.69) is 62.6 Å². The molecule has 1 fully saturated rings. The third-order valence-electron chi connectivity index (χ3n) is 4.74. The minimum absolute atomic E-state index is 0.114. The molecule has 1 saturated heterocycles. The van der Waals surface area contributed by atoms with E-state index in [1.54, 1.807) is 0 Å². The Hall–Kier alpha value is -1.88. The number of nitrogens with zero attached hydrogens (tertiary/aromatic N) is 1. The van der Waals surface area contributed by atoms with Crippen LogP contribution in [-0.4, -0.2) is 36.0 Å². The Balaban J connectivity index is 2.07. The fourth-order valence-electron chi connectivity index (χ4n) is 3.39. The van der Waals surface area contributed by atoms with Crippen LogP contribution in [0.25, 0.3) is 0 Å². The van der Waals surface area contributed by atoms with E-state index in [4.69, 9.17) is 0 Å². The number of imide groups is 1. The van der Waals surface area contributed by atoms with Gasteiger partial charge in [0.1, 0.15) is 6.04 Å². The van der Waals surface area contributed by atoms with Crippen molar-refractivity contribution in [2.24, 2.45) is 11.8 Å². The molecule has 1 aliphatic heterocycles. The predicted molar refractivity (Wildman–Crippen MR) is 99.1 cm³/mol. The standard InChI is InChI=1S/C20H31N3O2/c1-13(2)12-16-6-8-17(9-7-16)18(14(3)4)22-15(5)19(24)23-11-10-21-20(23)25/h6-9,13-15,18,22H,10-12H2,1-5H3,(H,21,25)/p+1/t15-,18+/m0/s1. The average Bonchev–Trinajstić information content (AvgIpc) is 2.97. The van der Waals surface area contributed by atoms with Crippen molar-refractivity contribution in [2.75, 3.05) is 13.1 Å². The SMILES string of the molecule is CC(C)Cc1ccc([C@H]([NH2+][C@@H](C)C(=O)N2CCNC2=O)C(C)C)cc1. The van der Waals surface area contributed by atoms with Crippen molar-refractivity contribution in [2.45, 2.75) is 53.1 Å². The van der Waals surface area contributed by atoms with Gasteiger partial charge < -0.3 is 10.6 Å². The van der Waals surface area contributed by atoms with Crippen LogP contribution in [0.4, 0.5) is 4.79 Å². The van der Waals surface area contributed by atoms with Gasteiger partial charge in [-0.15, -0.1) is 0 Å². The third kappa shape index (κ3) is 5.05. The monoisotopic (exact) mass is 346 g/mol. The lowest BCUT2D eigenvalue weighted by Crippen LogP contribution is -2.93. The number of rotatable bonds is 7. The Kier molecular flexibility index (Phi) is 6.59. The molecule has 2 rings (SSSR count). The molecular weight excluding hydrogens is 314 g/mol. The molecule has 0 saturated carbocycles. The highest BCUT2D eigenvalue weighted by molar-refractivity contribution is 5.97. The fourth-order valence-corrected chi connectivity index (χ4v) is 3.39. The number of nitrogens with one attached hydrogen (secondary N) is 1. The Bertz CT molecular complexity index is 595. The van der Waals surface area contributed by atoms with Crippen molar-refractivity contribution in [3.8, 4) is 0 Å². The van der Waals surface area contributed by atoms with Crippen LogP contribution in [0.1, 0.15) is 51.8 Å². The first-order valence-corrected chi connectivity index (χ1v) is 9.32. The number of benzene rings is 1. The highest BCUT2D eigenvalue weighted by Crippen LogP contribution is 2.19. The Morgan fingerprint density at radius 2 is 1.80 bits per heavy atom. The zero-order valence-electron chi connectivity index (χ0n) is 16.1. The number of amides is 3. The molecule has 0 unspecified atom stereocenters.